The lowest BCUT2D eigenvalue weighted by molar-refractivity contribution is -0.134. The largest absolute Gasteiger partial charge is 0.457 e. The lowest BCUT2D eigenvalue weighted by atomic mass is 9.99. The molecule has 8 nitrogen and oxygen atoms in total. The highest BCUT2D eigenvalue weighted by molar-refractivity contribution is 5.93. The fourth-order valence-corrected chi connectivity index (χ4v) is 4.50. The van der Waals surface area contributed by atoms with Crippen LogP contribution < -0.4 is 0 Å². The van der Waals surface area contributed by atoms with Crippen molar-refractivity contribution < 1.29 is 14.3 Å². The first kappa shape index (κ1) is 21.3. The lowest BCUT2D eigenvalue weighted by Crippen LogP contribution is -2.50. The zero-order chi connectivity index (χ0) is 22.8. The smallest absolute Gasteiger partial charge is 0.338 e. The van der Waals surface area contributed by atoms with E-state index in [1.807, 2.05) is 48.2 Å². The molecule has 1 unspecified atom stereocenters. The molecule has 1 saturated heterocycles. The van der Waals surface area contributed by atoms with Crippen molar-refractivity contribution in [2.45, 2.75) is 25.9 Å². The number of carbonyl (C=O) groups is 2. The molecular formula is C25H27N5O3. The van der Waals surface area contributed by atoms with E-state index in [2.05, 4.69) is 21.3 Å². The molecular weight excluding hydrogens is 418 g/mol. The van der Waals surface area contributed by atoms with E-state index in [4.69, 9.17) is 4.74 Å². The van der Waals surface area contributed by atoms with Gasteiger partial charge in [0, 0.05) is 38.3 Å². The highest BCUT2D eigenvalue weighted by Gasteiger charge is 2.26. The Morgan fingerprint density at radius 1 is 1.09 bits per heavy atom. The Labute approximate surface area is 192 Å². The van der Waals surface area contributed by atoms with E-state index in [0.717, 1.165) is 56.0 Å². The molecule has 0 saturated carbocycles. The molecule has 33 heavy (non-hydrogen) atoms. The van der Waals surface area contributed by atoms with Crippen LogP contribution in [0.25, 0.3) is 5.69 Å². The molecule has 2 aromatic carbocycles. The van der Waals surface area contributed by atoms with Crippen molar-refractivity contribution in [3.8, 4) is 5.69 Å². The summed E-state index contributed by atoms with van der Waals surface area (Å²) in [7, 11) is 0. The summed E-state index contributed by atoms with van der Waals surface area (Å²) in [5.41, 5.74) is 4.81. The minimum absolute atomic E-state index is 0.173. The van der Waals surface area contributed by atoms with Gasteiger partial charge in [0.15, 0.2) is 0 Å². The Hall–Kier alpha value is -3.52. The number of carbonyl (C=O) groups excluding carboxylic acids is 2. The van der Waals surface area contributed by atoms with Gasteiger partial charge in [-0.25, -0.2) is 9.48 Å². The second-order valence-electron chi connectivity index (χ2n) is 8.65. The Morgan fingerprint density at radius 3 is 2.61 bits per heavy atom. The maximum absolute atomic E-state index is 13.1. The molecule has 8 heteroatoms. The minimum Gasteiger partial charge on any atom is -0.457 e. The molecule has 170 valence electrons. The maximum Gasteiger partial charge on any atom is 0.338 e. The lowest BCUT2D eigenvalue weighted by Gasteiger charge is -2.36. The third-order valence-electron chi connectivity index (χ3n) is 6.60. The van der Waals surface area contributed by atoms with Gasteiger partial charge in [0.05, 0.1) is 29.6 Å². The zero-order valence-electron chi connectivity index (χ0n) is 18.7. The molecule has 1 amide bonds. The molecule has 2 aliphatic rings. The van der Waals surface area contributed by atoms with Gasteiger partial charge in [-0.1, -0.05) is 29.5 Å². The number of piperazine rings is 1. The summed E-state index contributed by atoms with van der Waals surface area (Å²) >= 11 is 0. The van der Waals surface area contributed by atoms with Gasteiger partial charge in [-0.3, -0.25) is 9.69 Å². The molecule has 0 N–H and O–H groups in total. The zero-order valence-corrected chi connectivity index (χ0v) is 18.7. The van der Waals surface area contributed by atoms with E-state index >= 15 is 0 Å². The second kappa shape index (κ2) is 9.15. The number of aromatic nitrogens is 3. The van der Waals surface area contributed by atoms with Crippen molar-refractivity contribution in [2.75, 3.05) is 32.7 Å². The van der Waals surface area contributed by atoms with Crippen LogP contribution in [0.2, 0.25) is 0 Å². The summed E-state index contributed by atoms with van der Waals surface area (Å²) in [6, 6.07) is 13.9. The average Bonchev–Trinajstić information content (AvgIpc) is 3.53. The van der Waals surface area contributed by atoms with Crippen LogP contribution in [0.15, 0.2) is 54.9 Å². The van der Waals surface area contributed by atoms with E-state index in [1.165, 1.54) is 5.56 Å². The molecule has 0 aliphatic carbocycles. The fourth-order valence-electron chi connectivity index (χ4n) is 4.50. The normalized spacial score (nSPS) is 17.0. The van der Waals surface area contributed by atoms with Crippen molar-refractivity contribution >= 4 is 11.9 Å². The van der Waals surface area contributed by atoms with Crippen LogP contribution in [0.1, 0.15) is 39.9 Å². The fraction of sp³-hybridized carbons (Fsp3) is 0.360. The van der Waals surface area contributed by atoms with Crippen molar-refractivity contribution in [1.29, 1.82) is 0 Å². The highest BCUT2D eigenvalue weighted by Crippen LogP contribution is 2.22. The number of rotatable bonds is 6. The standard InChI is InChI=1S/C25H27N5O3/c1-18(20-3-5-22(6-4-20)30-11-9-26-27-30)24(31)29-14-12-28(13-15-29)10-8-19-2-7-23-21(16-19)17-33-25(23)32/h2-7,9,11,16,18H,8,10,12-15,17H2,1H3. The van der Waals surface area contributed by atoms with Crippen LogP contribution in [0.4, 0.5) is 0 Å². The van der Waals surface area contributed by atoms with E-state index in [-0.39, 0.29) is 17.8 Å². The molecule has 1 aromatic heterocycles. The molecule has 2 aliphatic heterocycles. The third kappa shape index (κ3) is 4.52. The van der Waals surface area contributed by atoms with Crippen molar-refractivity contribution in [3.05, 3.63) is 77.1 Å². The van der Waals surface area contributed by atoms with E-state index in [1.54, 1.807) is 17.1 Å². The predicted octanol–water partition coefficient (Wildman–Crippen LogP) is 2.43. The highest BCUT2D eigenvalue weighted by atomic mass is 16.5. The number of hydrogen-bond donors (Lipinski definition) is 0. The number of nitrogens with zero attached hydrogens (tertiary/aromatic N) is 5. The Bertz CT molecular complexity index is 1140. The Balaban J connectivity index is 1.11. The quantitative estimate of drug-likeness (QED) is 0.542. The van der Waals surface area contributed by atoms with Crippen molar-refractivity contribution in [3.63, 3.8) is 0 Å². The number of ether oxygens (including phenoxy) is 1. The summed E-state index contributed by atoms with van der Waals surface area (Å²) in [6.45, 7) is 6.52. The monoisotopic (exact) mass is 445 g/mol. The van der Waals surface area contributed by atoms with Crippen LogP contribution >= 0.6 is 0 Å². The first-order chi connectivity index (χ1) is 16.1. The van der Waals surface area contributed by atoms with Gasteiger partial charge in [0.25, 0.3) is 0 Å². The van der Waals surface area contributed by atoms with E-state index in [9.17, 15) is 9.59 Å². The summed E-state index contributed by atoms with van der Waals surface area (Å²) < 4.78 is 6.79. The average molecular weight is 446 g/mol. The number of fused-ring (bicyclic) bond motifs is 1. The molecule has 0 radical (unpaired) electrons. The van der Waals surface area contributed by atoms with Crippen LogP contribution in [0.3, 0.4) is 0 Å². The van der Waals surface area contributed by atoms with Crippen LogP contribution in [0.5, 0.6) is 0 Å². The molecule has 5 rings (SSSR count). The second-order valence-corrected chi connectivity index (χ2v) is 8.65. The molecule has 3 heterocycles. The van der Waals surface area contributed by atoms with E-state index < -0.39 is 0 Å². The minimum atomic E-state index is -0.224. The number of hydrogen-bond acceptors (Lipinski definition) is 6. The van der Waals surface area contributed by atoms with Gasteiger partial charge in [0.1, 0.15) is 6.61 Å². The summed E-state index contributed by atoms with van der Waals surface area (Å²) in [6.07, 6.45) is 4.36. The van der Waals surface area contributed by atoms with Gasteiger partial charge in [-0.2, -0.15) is 0 Å². The van der Waals surface area contributed by atoms with Gasteiger partial charge in [-0.05, 0) is 42.7 Å². The molecule has 3 aromatic rings. The molecule has 1 atom stereocenters. The third-order valence-corrected chi connectivity index (χ3v) is 6.60. The molecule has 0 bridgehead atoms. The SMILES string of the molecule is CC(C(=O)N1CCN(CCc2ccc3c(c2)COC3=O)CC1)c1ccc(-n2ccnn2)cc1. The summed E-state index contributed by atoms with van der Waals surface area (Å²) in [5, 5.41) is 7.83. The van der Waals surface area contributed by atoms with E-state index in [0.29, 0.717) is 12.2 Å². The van der Waals surface area contributed by atoms with Gasteiger partial charge < -0.3 is 9.64 Å². The predicted molar refractivity (Wildman–Crippen MR) is 122 cm³/mol. The first-order valence-corrected chi connectivity index (χ1v) is 11.4. The number of amides is 1. The van der Waals surface area contributed by atoms with Gasteiger partial charge in [-0.15, -0.1) is 5.10 Å². The number of esters is 1. The van der Waals surface area contributed by atoms with Crippen LogP contribution in [-0.4, -0.2) is 69.4 Å². The summed E-state index contributed by atoms with van der Waals surface area (Å²) in [4.78, 5) is 29.1. The number of cyclic esters (lactones) is 1. The first-order valence-electron chi connectivity index (χ1n) is 11.4. The molecule has 0 spiro atoms. The van der Waals surface area contributed by atoms with Crippen LogP contribution in [0, 0.1) is 0 Å². The maximum atomic E-state index is 13.1. The topological polar surface area (TPSA) is 80.6 Å². The van der Waals surface area contributed by atoms with Crippen LogP contribution in [-0.2, 0) is 22.6 Å². The number of benzene rings is 2. The van der Waals surface area contributed by atoms with Gasteiger partial charge in [0.2, 0.25) is 5.91 Å². The Morgan fingerprint density at radius 2 is 1.88 bits per heavy atom. The Kier molecular flexibility index (Phi) is 5.92. The summed E-state index contributed by atoms with van der Waals surface area (Å²) in [5.74, 6) is -0.234. The van der Waals surface area contributed by atoms with Gasteiger partial charge >= 0.3 is 5.97 Å². The van der Waals surface area contributed by atoms with Crippen molar-refractivity contribution in [2.24, 2.45) is 0 Å². The van der Waals surface area contributed by atoms with Crippen molar-refractivity contribution in [1.82, 2.24) is 24.8 Å². The molecule has 1 fully saturated rings.